The highest BCUT2D eigenvalue weighted by Gasteiger charge is 2.23. The Morgan fingerprint density at radius 2 is 0.868 bits per heavy atom. The molecule has 0 aliphatic heterocycles. The van der Waals surface area contributed by atoms with Crippen LogP contribution in [0.2, 0.25) is 0 Å². The first-order chi connectivity index (χ1) is 17.6. The molecule has 0 amide bonds. The average molecular weight is 517 g/mol. The quantitative estimate of drug-likeness (QED) is 0.324. The van der Waals surface area contributed by atoms with Crippen molar-refractivity contribution in [1.29, 1.82) is 0 Å². The summed E-state index contributed by atoms with van der Waals surface area (Å²) in [6.07, 6.45) is 0. The maximum atomic E-state index is 11.0. The molecule has 3 rings (SSSR count). The molecule has 0 aliphatic rings. The number of phenols is 2. The van der Waals surface area contributed by atoms with Gasteiger partial charge in [0.1, 0.15) is 11.5 Å². The maximum Gasteiger partial charge on any atom is 0.123 e. The number of aromatic hydroxyl groups is 2. The highest BCUT2D eigenvalue weighted by atomic mass is 16.3. The Hall–Kier alpha value is -2.82. The number of nitrogens with zero attached hydrogens (tertiary/aromatic N) is 2. The molecular weight excluding hydrogens is 468 g/mol. The zero-order valence-corrected chi connectivity index (χ0v) is 25.2. The Bertz CT molecular complexity index is 1170. The molecular formula is C34H48N2O2. The van der Waals surface area contributed by atoms with E-state index in [0.717, 1.165) is 35.3 Å². The molecule has 2 N–H and O–H groups in total. The van der Waals surface area contributed by atoms with Crippen LogP contribution >= 0.6 is 0 Å². The second-order valence-electron chi connectivity index (χ2n) is 13.3. The summed E-state index contributed by atoms with van der Waals surface area (Å²) >= 11 is 0. The van der Waals surface area contributed by atoms with E-state index in [4.69, 9.17) is 0 Å². The van der Waals surface area contributed by atoms with E-state index in [2.05, 4.69) is 128 Å². The largest absolute Gasteiger partial charge is 0.507 e. The first kappa shape index (κ1) is 29.7. The Labute approximate surface area is 230 Å². The third kappa shape index (κ3) is 7.39. The highest BCUT2D eigenvalue weighted by molar-refractivity contribution is 5.48. The molecule has 38 heavy (non-hydrogen) atoms. The molecule has 0 unspecified atom stereocenters. The molecule has 0 aromatic heterocycles. The topological polar surface area (TPSA) is 46.9 Å². The van der Waals surface area contributed by atoms with E-state index in [1.54, 1.807) is 0 Å². The standard InChI is InChI=1S/C34H48N2O2/c1-23-15-27(31(37)29(17-23)33(3,4)5)21-35(9)19-25-13-11-12-14-26(25)20-36(10)22-28-16-24(2)18-30(32(28)38)34(6,7)8/h11-18,37-38H,19-22H2,1-10H3. The van der Waals surface area contributed by atoms with Crippen molar-refractivity contribution in [2.75, 3.05) is 14.1 Å². The Morgan fingerprint density at radius 3 is 1.18 bits per heavy atom. The van der Waals surface area contributed by atoms with Gasteiger partial charge in [-0.3, -0.25) is 9.80 Å². The summed E-state index contributed by atoms with van der Waals surface area (Å²) in [5, 5.41) is 22.1. The number of hydrogen-bond donors (Lipinski definition) is 2. The fourth-order valence-electron chi connectivity index (χ4n) is 5.23. The van der Waals surface area contributed by atoms with Crippen LogP contribution in [0.25, 0.3) is 0 Å². The van der Waals surface area contributed by atoms with Crippen molar-refractivity contribution in [2.24, 2.45) is 0 Å². The summed E-state index contributed by atoms with van der Waals surface area (Å²) in [5.74, 6) is 0.825. The minimum absolute atomic E-state index is 0.111. The third-order valence-corrected chi connectivity index (χ3v) is 7.16. The van der Waals surface area contributed by atoms with E-state index >= 15 is 0 Å². The minimum Gasteiger partial charge on any atom is -0.507 e. The summed E-state index contributed by atoms with van der Waals surface area (Å²) in [7, 11) is 4.22. The van der Waals surface area contributed by atoms with Gasteiger partial charge >= 0.3 is 0 Å². The zero-order chi connectivity index (χ0) is 28.4. The third-order valence-electron chi connectivity index (χ3n) is 7.16. The number of hydrogen-bond acceptors (Lipinski definition) is 4. The van der Waals surface area contributed by atoms with E-state index in [1.807, 2.05) is 0 Å². The number of phenolic OH excluding ortho intramolecular Hbond substituents is 2. The summed E-state index contributed by atoms with van der Waals surface area (Å²) < 4.78 is 0. The summed E-state index contributed by atoms with van der Waals surface area (Å²) in [5.41, 5.74) is 8.60. The van der Waals surface area contributed by atoms with Crippen LogP contribution in [-0.4, -0.2) is 34.1 Å². The normalized spacial score (nSPS) is 12.5. The molecule has 0 radical (unpaired) electrons. The van der Waals surface area contributed by atoms with E-state index in [1.165, 1.54) is 22.3 Å². The Kier molecular flexibility index (Phi) is 9.00. The minimum atomic E-state index is -0.111. The summed E-state index contributed by atoms with van der Waals surface area (Å²) in [6.45, 7) is 20.0. The van der Waals surface area contributed by atoms with Gasteiger partial charge in [-0.25, -0.2) is 0 Å². The van der Waals surface area contributed by atoms with E-state index in [0.29, 0.717) is 24.6 Å². The number of aryl methyl sites for hydroxylation is 2. The molecule has 0 saturated carbocycles. The Balaban J connectivity index is 1.76. The average Bonchev–Trinajstić information content (AvgIpc) is 2.78. The molecule has 0 spiro atoms. The molecule has 0 fully saturated rings. The molecule has 0 heterocycles. The van der Waals surface area contributed by atoms with Crippen LogP contribution in [0.15, 0.2) is 48.5 Å². The zero-order valence-electron chi connectivity index (χ0n) is 25.2. The van der Waals surface area contributed by atoms with Gasteiger partial charge in [-0.05, 0) is 61.0 Å². The van der Waals surface area contributed by atoms with Gasteiger partial charge in [0.05, 0.1) is 0 Å². The van der Waals surface area contributed by atoms with Crippen molar-refractivity contribution in [3.05, 3.63) is 93.0 Å². The van der Waals surface area contributed by atoms with E-state index in [-0.39, 0.29) is 10.8 Å². The van der Waals surface area contributed by atoms with Crippen LogP contribution in [0.5, 0.6) is 11.5 Å². The van der Waals surface area contributed by atoms with Gasteiger partial charge in [0.2, 0.25) is 0 Å². The molecule has 0 aliphatic carbocycles. The van der Waals surface area contributed by atoms with Crippen molar-refractivity contribution in [3.8, 4) is 11.5 Å². The summed E-state index contributed by atoms with van der Waals surface area (Å²) in [6, 6.07) is 17.0. The van der Waals surface area contributed by atoms with Crippen LogP contribution in [0.1, 0.15) is 86.1 Å². The molecule has 4 nitrogen and oxygen atoms in total. The predicted octanol–water partition coefficient (Wildman–Crippen LogP) is 7.57. The smallest absolute Gasteiger partial charge is 0.123 e. The fourth-order valence-corrected chi connectivity index (χ4v) is 5.23. The Morgan fingerprint density at radius 1 is 0.553 bits per heavy atom. The van der Waals surface area contributed by atoms with Crippen LogP contribution in [0, 0.1) is 13.8 Å². The lowest BCUT2D eigenvalue weighted by Crippen LogP contribution is -2.22. The predicted molar refractivity (Wildman–Crippen MR) is 160 cm³/mol. The van der Waals surface area contributed by atoms with Crippen molar-refractivity contribution in [3.63, 3.8) is 0 Å². The number of rotatable bonds is 8. The summed E-state index contributed by atoms with van der Waals surface area (Å²) in [4.78, 5) is 4.53. The molecule has 0 bridgehead atoms. The number of benzene rings is 3. The lowest BCUT2D eigenvalue weighted by molar-refractivity contribution is 0.295. The van der Waals surface area contributed by atoms with Crippen molar-refractivity contribution < 1.29 is 10.2 Å². The lowest BCUT2D eigenvalue weighted by Gasteiger charge is -2.26. The van der Waals surface area contributed by atoms with Gasteiger partial charge in [-0.2, -0.15) is 0 Å². The van der Waals surface area contributed by atoms with E-state index < -0.39 is 0 Å². The van der Waals surface area contributed by atoms with Gasteiger partial charge in [0.15, 0.2) is 0 Å². The molecule has 0 saturated heterocycles. The molecule has 3 aromatic rings. The monoisotopic (exact) mass is 516 g/mol. The lowest BCUT2D eigenvalue weighted by atomic mass is 9.84. The molecule has 4 heteroatoms. The maximum absolute atomic E-state index is 11.0. The molecule has 206 valence electrons. The van der Waals surface area contributed by atoms with Gasteiger partial charge in [0.25, 0.3) is 0 Å². The molecule has 3 aromatic carbocycles. The van der Waals surface area contributed by atoms with E-state index in [9.17, 15) is 10.2 Å². The van der Waals surface area contributed by atoms with Crippen molar-refractivity contribution in [2.45, 2.75) is 92.4 Å². The van der Waals surface area contributed by atoms with Crippen LogP contribution in [-0.2, 0) is 37.0 Å². The van der Waals surface area contributed by atoms with Crippen LogP contribution in [0.3, 0.4) is 0 Å². The van der Waals surface area contributed by atoms with Crippen molar-refractivity contribution >= 4 is 0 Å². The van der Waals surface area contributed by atoms with Gasteiger partial charge in [-0.15, -0.1) is 0 Å². The van der Waals surface area contributed by atoms with Crippen LogP contribution in [0.4, 0.5) is 0 Å². The second-order valence-corrected chi connectivity index (χ2v) is 13.3. The van der Waals surface area contributed by atoms with Gasteiger partial charge in [-0.1, -0.05) is 101 Å². The highest BCUT2D eigenvalue weighted by Crippen LogP contribution is 2.36. The SMILES string of the molecule is Cc1cc(CN(C)Cc2ccccc2CN(C)Cc2cc(C)cc(C(C)(C)C)c2O)c(O)c(C(C)(C)C)c1. The molecule has 0 atom stereocenters. The fraction of sp³-hybridized carbons (Fsp3) is 0.471. The van der Waals surface area contributed by atoms with Crippen LogP contribution < -0.4 is 0 Å². The first-order valence-corrected chi connectivity index (χ1v) is 13.7. The van der Waals surface area contributed by atoms with Gasteiger partial charge < -0.3 is 10.2 Å². The van der Waals surface area contributed by atoms with Gasteiger partial charge in [0, 0.05) is 37.3 Å². The second kappa shape index (κ2) is 11.5. The first-order valence-electron chi connectivity index (χ1n) is 13.7. The van der Waals surface area contributed by atoms with Crippen molar-refractivity contribution in [1.82, 2.24) is 9.80 Å².